The van der Waals surface area contributed by atoms with Gasteiger partial charge in [-0.05, 0) is 65.7 Å². The van der Waals surface area contributed by atoms with Crippen LogP contribution in [0.2, 0.25) is 0 Å². The molecule has 1 amide bonds. The maximum absolute atomic E-state index is 11.7. The molecular formula is C28H42N6O4S. The second-order valence-corrected chi connectivity index (χ2v) is 12.7. The molecule has 214 valence electrons. The van der Waals surface area contributed by atoms with E-state index in [0.29, 0.717) is 42.6 Å². The molecular weight excluding hydrogens is 516 g/mol. The Morgan fingerprint density at radius 2 is 1.77 bits per heavy atom. The summed E-state index contributed by atoms with van der Waals surface area (Å²) in [5.74, 6) is 0.495. The van der Waals surface area contributed by atoms with E-state index in [4.69, 9.17) is 13.9 Å². The highest BCUT2D eigenvalue weighted by Gasteiger charge is 2.26. The molecule has 0 saturated heterocycles. The van der Waals surface area contributed by atoms with E-state index in [1.807, 2.05) is 49.0 Å². The van der Waals surface area contributed by atoms with Crippen molar-refractivity contribution in [3.8, 4) is 11.5 Å². The van der Waals surface area contributed by atoms with E-state index in [0.717, 1.165) is 23.2 Å². The van der Waals surface area contributed by atoms with Gasteiger partial charge in [-0.25, -0.2) is 4.68 Å². The van der Waals surface area contributed by atoms with Crippen molar-refractivity contribution in [2.24, 2.45) is 0 Å². The van der Waals surface area contributed by atoms with Crippen molar-refractivity contribution in [2.45, 2.75) is 102 Å². The Hall–Kier alpha value is -2.76. The minimum absolute atomic E-state index is 0.0182. The van der Waals surface area contributed by atoms with Gasteiger partial charge < -0.3 is 19.2 Å². The molecule has 1 N–H and O–H groups in total. The zero-order valence-electron chi connectivity index (χ0n) is 24.4. The van der Waals surface area contributed by atoms with E-state index >= 15 is 0 Å². The van der Waals surface area contributed by atoms with Crippen LogP contribution in [0.5, 0.6) is 0 Å². The highest BCUT2D eigenvalue weighted by Crippen LogP contribution is 2.30. The summed E-state index contributed by atoms with van der Waals surface area (Å²) in [6, 6.07) is 8.17. The number of thioether (sulfide) groups is 1. The van der Waals surface area contributed by atoms with Crippen LogP contribution in [0, 0.1) is 0 Å². The Bertz CT molecular complexity index is 1190. The average Bonchev–Trinajstić information content (AvgIpc) is 3.51. The van der Waals surface area contributed by atoms with E-state index in [-0.39, 0.29) is 17.5 Å². The predicted molar refractivity (Wildman–Crippen MR) is 151 cm³/mol. The summed E-state index contributed by atoms with van der Waals surface area (Å²) < 4.78 is 19.6. The number of hydrogen-bond donors (Lipinski definition) is 1. The van der Waals surface area contributed by atoms with Gasteiger partial charge in [0.2, 0.25) is 11.8 Å². The van der Waals surface area contributed by atoms with Crippen LogP contribution in [-0.2, 0) is 32.0 Å². The maximum atomic E-state index is 11.7. The summed E-state index contributed by atoms with van der Waals surface area (Å²) in [6.07, 6.45) is 2.95. The summed E-state index contributed by atoms with van der Waals surface area (Å²) in [7, 11) is 0. The summed E-state index contributed by atoms with van der Waals surface area (Å²) in [4.78, 5) is 11.7. The van der Waals surface area contributed by atoms with Crippen molar-refractivity contribution < 1.29 is 18.7 Å². The van der Waals surface area contributed by atoms with Gasteiger partial charge in [0.15, 0.2) is 0 Å². The number of nitrogens with one attached hydrogen (secondary N) is 1. The number of carbonyl (C=O) groups excluding carboxylic acids is 1. The van der Waals surface area contributed by atoms with Gasteiger partial charge in [-0.1, -0.05) is 43.0 Å². The minimum Gasteiger partial charge on any atom is -0.411 e. The third kappa shape index (κ3) is 9.44. The van der Waals surface area contributed by atoms with Gasteiger partial charge >= 0.3 is 0 Å². The molecule has 0 bridgehead atoms. The summed E-state index contributed by atoms with van der Waals surface area (Å²) in [6.45, 7) is 17.6. The molecule has 0 aliphatic heterocycles. The van der Waals surface area contributed by atoms with Gasteiger partial charge in [0, 0.05) is 23.3 Å². The van der Waals surface area contributed by atoms with E-state index < -0.39 is 5.60 Å². The lowest BCUT2D eigenvalue weighted by atomic mass is 9.96. The molecule has 39 heavy (non-hydrogen) atoms. The second kappa shape index (κ2) is 13.5. The molecule has 0 aliphatic carbocycles. The fraction of sp³-hybridized carbons (Fsp3) is 0.607. The van der Waals surface area contributed by atoms with Crippen molar-refractivity contribution in [1.29, 1.82) is 0 Å². The quantitative estimate of drug-likeness (QED) is 0.195. The first-order chi connectivity index (χ1) is 18.4. The molecule has 0 spiro atoms. The average molecular weight is 559 g/mol. The van der Waals surface area contributed by atoms with Crippen molar-refractivity contribution >= 4 is 17.7 Å². The number of nitrogens with zero attached hydrogens (tertiary/aromatic N) is 5. The highest BCUT2D eigenvalue weighted by atomic mass is 32.2. The number of ether oxygens (including phenoxy) is 2. The first-order valence-corrected chi connectivity index (χ1v) is 14.3. The van der Waals surface area contributed by atoms with Crippen LogP contribution in [0.3, 0.4) is 0 Å². The number of carbonyl (C=O) groups is 1. The standard InChI is InChI=1S/C28H42N6O4S/c1-19(2)29-24(35)13-15-36-18-23-17-34(33-30-23)27(5,6)14-16-37-28(7,8)22-11-9-21(10-12-22)25-31-32-26(38-25)39-20(3)4/h9-12,17,19-20H,13-16,18H2,1-8H3,(H,29,35). The smallest absolute Gasteiger partial charge is 0.277 e. The van der Waals surface area contributed by atoms with Crippen LogP contribution < -0.4 is 5.32 Å². The number of aromatic nitrogens is 5. The fourth-order valence-electron chi connectivity index (χ4n) is 3.74. The van der Waals surface area contributed by atoms with Gasteiger partial charge in [0.05, 0.1) is 37.2 Å². The predicted octanol–water partition coefficient (Wildman–Crippen LogP) is 5.34. The van der Waals surface area contributed by atoms with Crippen LogP contribution >= 0.6 is 11.8 Å². The summed E-state index contributed by atoms with van der Waals surface area (Å²) >= 11 is 1.55. The molecule has 0 radical (unpaired) electrons. The molecule has 1 aromatic carbocycles. The van der Waals surface area contributed by atoms with Gasteiger partial charge in [0.1, 0.15) is 5.69 Å². The zero-order valence-corrected chi connectivity index (χ0v) is 25.2. The molecule has 0 unspecified atom stereocenters. The Labute approximate surface area is 235 Å². The normalized spacial score (nSPS) is 12.5. The number of hydrogen-bond acceptors (Lipinski definition) is 9. The maximum Gasteiger partial charge on any atom is 0.277 e. The number of rotatable bonds is 15. The first-order valence-electron chi connectivity index (χ1n) is 13.4. The largest absolute Gasteiger partial charge is 0.411 e. The molecule has 2 aromatic heterocycles. The molecule has 0 aliphatic rings. The van der Waals surface area contributed by atoms with E-state index in [1.165, 1.54) is 0 Å². The Balaban J connectivity index is 1.48. The molecule has 2 heterocycles. The molecule has 0 fully saturated rings. The van der Waals surface area contributed by atoms with Crippen LogP contribution in [0.4, 0.5) is 0 Å². The first kappa shape index (κ1) is 30.8. The Morgan fingerprint density at radius 1 is 1.05 bits per heavy atom. The third-order valence-electron chi connectivity index (χ3n) is 6.08. The molecule has 3 rings (SSSR count). The lowest BCUT2D eigenvalue weighted by molar-refractivity contribution is -0.122. The SMILES string of the molecule is CC(C)NC(=O)CCOCc1cn(C(C)(C)CCOC(C)(C)c2ccc(-c3nnc(SC(C)C)o3)cc2)nn1. The van der Waals surface area contributed by atoms with E-state index in [1.54, 1.807) is 11.8 Å². The number of benzene rings is 1. The molecule has 0 saturated carbocycles. The van der Waals surface area contributed by atoms with Crippen LogP contribution in [0.1, 0.15) is 79.5 Å². The summed E-state index contributed by atoms with van der Waals surface area (Å²) in [5, 5.41) is 20.6. The third-order valence-corrected chi connectivity index (χ3v) is 6.92. The molecule has 11 heteroatoms. The lowest BCUT2D eigenvalue weighted by Crippen LogP contribution is -2.31. The lowest BCUT2D eigenvalue weighted by Gasteiger charge is -2.30. The van der Waals surface area contributed by atoms with Crippen molar-refractivity contribution in [3.63, 3.8) is 0 Å². The van der Waals surface area contributed by atoms with E-state index in [9.17, 15) is 4.79 Å². The topological polar surface area (TPSA) is 117 Å². The van der Waals surface area contributed by atoms with Gasteiger partial charge in [-0.15, -0.1) is 15.3 Å². The second-order valence-electron chi connectivity index (χ2n) is 11.2. The highest BCUT2D eigenvalue weighted by molar-refractivity contribution is 7.99. The van der Waals surface area contributed by atoms with Crippen LogP contribution in [0.25, 0.3) is 11.5 Å². The van der Waals surface area contributed by atoms with E-state index in [2.05, 4.69) is 67.4 Å². The molecule has 3 aromatic rings. The molecule has 0 atom stereocenters. The van der Waals surface area contributed by atoms with Gasteiger partial charge in [-0.3, -0.25) is 4.79 Å². The fourth-order valence-corrected chi connectivity index (χ4v) is 4.36. The molecule has 10 nitrogen and oxygen atoms in total. The van der Waals surface area contributed by atoms with Gasteiger partial charge in [0.25, 0.3) is 5.22 Å². The van der Waals surface area contributed by atoms with Crippen LogP contribution in [-0.4, -0.2) is 55.6 Å². The van der Waals surface area contributed by atoms with Crippen molar-refractivity contribution in [3.05, 3.63) is 41.7 Å². The Kier molecular flexibility index (Phi) is 10.7. The summed E-state index contributed by atoms with van der Waals surface area (Å²) in [5.41, 5.74) is 1.88. The van der Waals surface area contributed by atoms with Crippen molar-refractivity contribution in [1.82, 2.24) is 30.5 Å². The zero-order chi connectivity index (χ0) is 28.6. The minimum atomic E-state index is -0.481. The van der Waals surface area contributed by atoms with Gasteiger partial charge in [-0.2, -0.15) is 0 Å². The van der Waals surface area contributed by atoms with Crippen molar-refractivity contribution in [2.75, 3.05) is 13.2 Å². The number of amides is 1. The monoisotopic (exact) mass is 558 g/mol. The van der Waals surface area contributed by atoms with Crippen LogP contribution in [0.15, 0.2) is 40.1 Å². The Morgan fingerprint density at radius 3 is 2.44 bits per heavy atom.